The van der Waals surface area contributed by atoms with E-state index in [4.69, 9.17) is 4.74 Å². The van der Waals surface area contributed by atoms with Gasteiger partial charge in [-0.2, -0.15) is 0 Å². The Hall–Kier alpha value is -1.92. The quantitative estimate of drug-likeness (QED) is 0.841. The summed E-state index contributed by atoms with van der Waals surface area (Å²) >= 11 is 1.64. The van der Waals surface area contributed by atoms with Crippen molar-refractivity contribution in [1.82, 2.24) is 9.88 Å². The summed E-state index contributed by atoms with van der Waals surface area (Å²) in [4.78, 5) is 21.4. The highest BCUT2D eigenvalue weighted by Crippen LogP contribution is 2.38. The van der Waals surface area contributed by atoms with Crippen LogP contribution in [-0.2, 0) is 4.79 Å². The zero-order chi connectivity index (χ0) is 16.7. The predicted octanol–water partition coefficient (Wildman–Crippen LogP) is 2.94. The molecule has 0 atom stereocenters. The van der Waals surface area contributed by atoms with Crippen LogP contribution in [0.1, 0.15) is 17.8 Å². The molecule has 2 aromatic rings. The maximum absolute atomic E-state index is 12.6. The van der Waals surface area contributed by atoms with Crippen LogP contribution in [0.2, 0.25) is 0 Å². The summed E-state index contributed by atoms with van der Waals surface area (Å²) < 4.78 is 5.65. The van der Waals surface area contributed by atoms with Gasteiger partial charge in [0.05, 0.1) is 16.4 Å². The van der Waals surface area contributed by atoms with E-state index in [2.05, 4.69) is 28.4 Å². The van der Waals surface area contributed by atoms with Crippen molar-refractivity contribution >= 4 is 22.9 Å². The molecule has 0 spiro atoms. The van der Waals surface area contributed by atoms with E-state index in [1.165, 1.54) is 0 Å². The highest BCUT2D eigenvalue weighted by Gasteiger charge is 2.33. The largest absolute Gasteiger partial charge is 0.482 e. The number of aromatic nitrogens is 1. The number of nitrogens with zero attached hydrogens (tertiary/aromatic N) is 3. The lowest BCUT2D eigenvalue weighted by atomic mass is 10.0. The maximum atomic E-state index is 12.6. The van der Waals surface area contributed by atoms with Crippen molar-refractivity contribution < 1.29 is 9.53 Å². The van der Waals surface area contributed by atoms with E-state index in [1.807, 2.05) is 24.0 Å². The van der Waals surface area contributed by atoms with Gasteiger partial charge in [0.15, 0.2) is 6.61 Å². The molecular weight excluding hydrogens is 322 g/mol. The Labute approximate surface area is 145 Å². The molecule has 6 heteroatoms. The number of aryl methyl sites for hydroxylation is 1. The molecule has 4 rings (SSSR count). The van der Waals surface area contributed by atoms with E-state index in [1.54, 1.807) is 11.3 Å². The number of amides is 1. The number of benzene rings is 1. The molecule has 126 valence electrons. The molecule has 0 radical (unpaired) electrons. The standard InChI is InChI=1S/C18H21N3O2S/c1-12-19-15(11-24-12)13-3-4-17-16(9-13)21(18(22)10-23-17)14-5-7-20(2)8-6-14/h3-4,9,11,14H,5-8,10H2,1-2H3. The number of carbonyl (C=O) groups is 1. The summed E-state index contributed by atoms with van der Waals surface area (Å²) in [5, 5.41) is 3.10. The molecule has 0 N–H and O–H groups in total. The predicted molar refractivity (Wildman–Crippen MR) is 95.8 cm³/mol. The Kier molecular flexibility index (Phi) is 4.02. The third kappa shape index (κ3) is 2.80. The van der Waals surface area contributed by atoms with E-state index in [0.29, 0.717) is 0 Å². The van der Waals surface area contributed by atoms with Crippen molar-refractivity contribution in [3.05, 3.63) is 28.6 Å². The number of ether oxygens (including phenoxy) is 1. The van der Waals surface area contributed by atoms with Crippen LogP contribution in [0.3, 0.4) is 0 Å². The van der Waals surface area contributed by atoms with Gasteiger partial charge in [0.25, 0.3) is 5.91 Å². The van der Waals surface area contributed by atoms with E-state index in [0.717, 1.165) is 53.6 Å². The summed E-state index contributed by atoms with van der Waals surface area (Å²) in [5.74, 6) is 0.855. The third-order valence-corrected chi connectivity index (χ3v) is 5.58. The van der Waals surface area contributed by atoms with Crippen LogP contribution in [0.25, 0.3) is 11.3 Å². The summed E-state index contributed by atoms with van der Waals surface area (Å²) in [6.45, 7) is 4.18. The van der Waals surface area contributed by atoms with Crippen molar-refractivity contribution in [2.45, 2.75) is 25.8 Å². The number of likely N-dealkylation sites (tertiary alicyclic amines) is 1. The van der Waals surface area contributed by atoms with Crippen molar-refractivity contribution in [2.24, 2.45) is 0 Å². The number of hydrogen-bond acceptors (Lipinski definition) is 5. The first kappa shape index (κ1) is 15.6. The van der Waals surface area contributed by atoms with Crippen LogP contribution < -0.4 is 9.64 Å². The van der Waals surface area contributed by atoms with E-state index < -0.39 is 0 Å². The van der Waals surface area contributed by atoms with Gasteiger partial charge < -0.3 is 14.5 Å². The molecule has 0 bridgehead atoms. The van der Waals surface area contributed by atoms with Gasteiger partial charge in [-0.1, -0.05) is 0 Å². The molecule has 1 fully saturated rings. The first-order chi connectivity index (χ1) is 11.6. The van der Waals surface area contributed by atoms with Crippen molar-refractivity contribution in [2.75, 3.05) is 31.6 Å². The summed E-state index contributed by atoms with van der Waals surface area (Å²) in [6.07, 6.45) is 2.00. The number of rotatable bonds is 2. The van der Waals surface area contributed by atoms with Gasteiger partial charge in [0, 0.05) is 17.0 Å². The Morgan fingerprint density at radius 2 is 2.08 bits per heavy atom. The lowest BCUT2D eigenvalue weighted by Crippen LogP contribution is -2.50. The van der Waals surface area contributed by atoms with Gasteiger partial charge in [-0.25, -0.2) is 4.98 Å². The minimum absolute atomic E-state index is 0.0589. The lowest BCUT2D eigenvalue weighted by Gasteiger charge is -2.39. The molecule has 1 saturated heterocycles. The Bertz CT molecular complexity index is 765. The molecule has 1 aromatic heterocycles. The molecule has 24 heavy (non-hydrogen) atoms. The Balaban J connectivity index is 1.71. The first-order valence-corrected chi connectivity index (χ1v) is 9.20. The first-order valence-electron chi connectivity index (χ1n) is 8.32. The SMILES string of the molecule is Cc1nc(-c2ccc3c(c2)N(C2CCN(C)CC2)C(=O)CO3)cs1. The maximum Gasteiger partial charge on any atom is 0.265 e. The smallest absolute Gasteiger partial charge is 0.265 e. The number of thiazole rings is 1. The normalized spacial score (nSPS) is 19.2. The van der Waals surface area contributed by atoms with Gasteiger partial charge >= 0.3 is 0 Å². The number of fused-ring (bicyclic) bond motifs is 1. The second-order valence-corrected chi connectivity index (χ2v) is 7.58. The van der Waals surface area contributed by atoms with Crippen molar-refractivity contribution in [3.63, 3.8) is 0 Å². The second kappa shape index (κ2) is 6.18. The fraction of sp³-hybridized carbons (Fsp3) is 0.444. The number of carbonyl (C=O) groups excluding carboxylic acids is 1. The molecule has 0 aliphatic carbocycles. The van der Waals surface area contributed by atoms with Crippen LogP contribution >= 0.6 is 11.3 Å². The van der Waals surface area contributed by atoms with Crippen LogP contribution in [-0.4, -0.2) is 48.6 Å². The van der Waals surface area contributed by atoms with Gasteiger partial charge in [0.1, 0.15) is 5.75 Å². The fourth-order valence-electron chi connectivity index (χ4n) is 3.48. The Morgan fingerprint density at radius 3 is 2.79 bits per heavy atom. The van der Waals surface area contributed by atoms with E-state index >= 15 is 0 Å². The molecule has 1 aromatic carbocycles. The monoisotopic (exact) mass is 343 g/mol. The summed E-state index contributed by atoms with van der Waals surface area (Å²) in [7, 11) is 2.13. The lowest BCUT2D eigenvalue weighted by molar-refractivity contribution is -0.122. The number of piperidine rings is 1. The molecule has 3 heterocycles. The van der Waals surface area contributed by atoms with Crippen LogP contribution in [0.15, 0.2) is 23.6 Å². The molecule has 1 amide bonds. The van der Waals surface area contributed by atoms with Crippen LogP contribution in [0.5, 0.6) is 5.75 Å². The molecular formula is C18H21N3O2S. The van der Waals surface area contributed by atoms with Crippen LogP contribution in [0.4, 0.5) is 5.69 Å². The highest BCUT2D eigenvalue weighted by molar-refractivity contribution is 7.09. The van der Waals surface area contributed by atoms with Crippen molar-refractivity contribution in [1.29, 1.82) is 0 Å². The summed E-state index contributed by atoms with van der Waals surface area (Å²) in [6, 6.07) is 6.30. The van der Waals surface area contributed by atoms with Crippen LogP contribution in [0, 0.1) is 6.92 Å². The van der Waals surface area contributed by atoms with E-state index in [-0.39, 0.29) is 18.6 Å². The summed E-state index contributed by atoms with van der Waals surface area (Å²) in [5.41, 5.74) is 2.89. The van der Waals surface area contributed by atoms with E-state index in [9.17, 15) is 4.79 Å². The van der Waals surface area contributed by atoms with Gasteiger partial charge in [-0.3, -0.25) is 4.79 Å². The van der Waals surface area contributed by atoms with Gasteiger partial charge in [-0.15, -0.1) is 11.3 Å². The van der Waals surface area contributed by atoms with Crippen molar-refractivity contribution in [3.8, 4) is 17.0 Å². The number of hydrogen-bond donors (Lipinski definition) is 0. The average molecular weight is 343 g/mol. The third-order valence-electron chi connectivity index (χ3n) is 4.81. The Morgan fingerprint density at radius 1 is 1.29 bits per heavy atom. The fourth-order valence-corrected chi connectivity index (χ4v) is 4.10. The number of anilines is 1. The molecule has 2 aliphatic rings. The average Bonchev–Trinajstić information content (AvgIpc) is 3.02. The zero-order valence-electron chi connectivity index (χ0n) is 14.0. The molecule has 0 saturated carbocycles. The zero-order valence-corrected chi connectivity index (χ0v) is 14.8. The molecule has 5 nitrogen and oxygen atoms in total. The molecule has 2 aliphatic heterocycles. The minimum Gasteiger partial charge on any atom is -0.482 e. The molecule has 0 unspecified atom stereocenters. The minimum atomic E-state index is 0.0589. The van der Waals surface area contributed by atoms with Gasteiger partial charge in [0.2, 0.25) is 0 Å². The topological polar surface area (TPSA) is 45.7 Å². The van der Waals surface area contributed by atoms with Gasteiger partial charge in [-0.05, 0) is 58.1 Å². The highest BCUT2D eigenvalue weighted by atomic mass is 32.1. The second-order valence-electron chi connectivity index (χ2n) is 6.52.